The molecule has 0 aromatic carbocycles. The van der Waals surface area contributed by atoms with Gasteiger partial charge in [-0.25, -0.2) is 9.48 Å². The van der Waals surface area contributed by atoms with E-state index in [9.17, 15) is 4.79 Å². The third-order valence-corrected chi connectivity index (χ3v) is 5.87. The van der Waals surface area contributed by atoms with Crippen LogP contribution in [-0.2, 0) is 0 Å². The lowest BCUT2D eigenvalue weighted by Gasteiger charge is -2.27. The molecule has 2 amide bonds. The SMILES string of the molecule is C[C@@H](C1CC1)n1nccc1NC(=O)N1CC=C(c2cccs2)CC1. The van der Waals surface area contributed by atoms with Crippen LogP contribution in [0.5, 0.6) is 0 Å². The average Bonchev–Trinajstić information content (AvgIpc) is 3.11. The zero-order valence-corrected chi connectivity index (χ0v) is 14.6. The minimum atomic E-state index is -0.0405. The lowest BCUT2D eigenvalue weighted by atomic mass is 10.1. The number of thiophene rings is 1. The van der Waals surface area contributed by atoms with E-state index in [1.165, 1.54) is 23.3 Å². The molecule has 126 valence electrons. The molecule has 2 aromatic rings. The molecule has 5 nitrogen and oxygen atoms in total. The van der Waals surface area contributed by atoms with Crippen LogP contribution in [-0.4, -0.2) is 33.8 Å². The van der Waals surface area contributed by atoms with Crippen LogP contribution in [0.3, 0.4) is 0 Å². The fourth-order valence-corrected chi connectivity index (χ4v) is 4.04. The molecule has 1 N–H and O–H groups in total. The number of hydrogen-bond donors (Lipinski definition) is 1. The van der Waals surface area contributed by atoms with Gasteiger partial charge in [-0.05, 0) is 49.1 Å². The second-order valence-electron chi connectivity index (χ2n) is 6.57. The summed E-state index contributed by atoms with van der Waals surface area (Å²) in [6.07, 6.45) is 7.36. The van der Waals surface area contributed by atoms with Crippen molar-refractivity contribution in [1.29, 1.82) is 0 Å². The molecule has 4 rings (SSSR count). The first-order valence-electron chi connectivity index (χ1n) is 8.55. The summed E-state index contributed by atoms with van der Waals surface area (Å²) in [6, 6.07) is 6.41. The highest BCUT2D eigenvalue weighted by atomic mass is 32.1. The number of aromatic nitrogens is 2. The Balaban J connectivity index is 1.40. The Morgan fingerprint density at radius 1 is 1.42 bits per heavy atom. The zero-order valence-electron chi connectivity index (χ0n) is 13.8. The number of anilines is 1. The molecule has 0 saturated heterocycles. The van der Waals surface area contributed by atoms with Crippen LogP contribution in [0.4, 0.5) is 10.6 Å². The lowest BCUT2D eigenvalue weighted by molar-refractivity contribution is 0.216. The molecule has 1 aliphatic heterocycles. The van der Waals surface area contributed by atoms with Crippen LogP contribution >= 0.6 is 11.3 Å². The molecule has 0 unspecified atom stereocenters. The highest BCUT2D eigenvalue weighted by molar-refractivity contribution is 7.11. The van der Waals surface area contributed by atoms with Crippen molar-refractivity contribution in [2.45, 2.75) is 32.2 Å². The van der Waals surface area contributed by atoms with E-state index in [-0.39, 0.29) is 6.03 Å². The van der Waals surface area contributed by atoms with Crippen LogP contribution in [0.1, 0.15) is 37.1 Å². The Labute approximate surface area is 146 Å². The first kappa shape index (κ1) is 15.4. The van der Waals surface area contributed by atoms with Crippen LogP contribution < -0.4 is 5.32 Å². The Morgan fingerprint density at radius 2 is 2.29 bits per heavy atom. The van der Waals surface area contributed by atoms with E-state index in [1.54, 1.807) is 17.5 Å². The van der Waals surface area contributed by atoms with Gasteiger partial charge in [0.15, 0.2) is 0 Å². The Bertz CT molecular complexity index is 745. The summed E-state index contributed by atoms with van der Waals surface area (Å²) in [5.74, 6) is 1.50. The number of amides is 2. The molecule has 24 heavy (non-hydrogen) atoms. The quantitative estimate of drug-likeness (QED) is 0.903. The molecule has 2 aliphatic rings. The second kappa shape index (κ2) is 6.43. The van der Waals surface area contributed by atoms with E-state index < -0.39 is 0 Å². The summed E-state index contributed by atoms with van der Waals surface area (Å²) in [4.78, 5) is 15.7. The summed E-state index contributed by atoms with van der Waals surface area (Å²) in [5, 5.41) is 9.52. The van der Waals surface area contributed by atoms with E-state index in [0.717, 1.165) is 18.8 Å². The first-order chi connectivity index (χ1) is 11.7. The van der Waals surface area contributed by atoms with Crippen molar-refractivity contribution < 1.29 is 4.79 Å². The van der Waals surface area contributed by atoms with E-state index >= 15 is 0 Å². The highest BCUT2D eigenvalue weighted by Crippen LogP contribution is 2.40. The monoisotopic (exact) mass is 342 g/mol. The van der Waals surface area contributed by atoms with Crippen molar-refractivity contribution in [1.82, 2.24) is 14.7 Å². The van der Waals surface area contributed by atoms with Gasteiger partial charge in [-0.15, -0.1) is 11.3 Å². The molecule has 1 atom stereocenters. The van der Waals surface area contributed by atoms with Crippen molar-refractivity contribution >= 4 is 28.8 Å². The minimum Gasteiger partial charge on any atom is -0.320 e. The minimum absolute atomic E-state index is 0.0405. The lowest BCUT2D eigenvalue weighted by Crippen LogP contribution is -2.38. The summed E-state index contributed by atoms with van der Waals surface area (Å²) >= 11 is 1.76. The van der Waals surface area contributed by atoms with Crippen molar-refractivity contribution in [3.8, 4) is 0 Å². The van der Waals surface area contributed by atoms with Crippen LogP contribution in [0.15, 0.2) is 35.9 Å². The molecule has 1 fully saturated rings. The smallest absolute Gasteiger partial charge is 0.320 e. The Kier molecular flexibility index (Phi) is 4.14. The van der Waals surface area contributed by atoms with Crippen molar-refractivity contribution in [3.63, 3.8) is 0 Å². The molecule has 1 aliphatic carbocycles. The number of rotatable bonds is 4. The fourth-order valence-electron chi connectivity index (χ4n) is 3.24. The molecule has 1 saturated carbocycles. The van der Waals surface area contributed by atoms with Crippen molar-refractivity contribution in [2.24, 2.45) is 5.92 Å². The summed E-state index contributed by atoms with van der Waals surface area (Å²) in [7, 11) is 0. The number of carbonyl (C=O) groups is 1. The van der Waals surface area contributed by atoms with E-state index in [1.807, 2.05) is 15.6 Å². The molecule has 6 heteroatoms. The predicted molar refractivity (Wildman–Crippen MR) is 97.2 cm³/mol. The van der Waals surface area contributed by atoms with Gasteiger partial charge >= 0.3 is 6.03 Å². The average molecular weight is 342 g/mol. The number of hydrogen-bond acceptors (Lipinski definition) is 3. The van der Waals surface area contributed by atoms with Crippen LogP contribution in [0.2, 0.25) is 0 Å². The summed E-state index contributed by atoms with van der Waals surface area (Å²) in [5.41, 5.74) is 1.35. The molecule has 3 heterocycles. The van der Waals surface area contributed by atoms with Gasteiger partial charge < -0.3 is 4.90 Å². The second-order valence-corrected chi connectivity index (χ2v) is 7.52. The molecule has 2 aromatic heterocycles. The normalized spacial score (nSPS) is 19.0. The van der Waals surface area contributed by atoms with Crippen LogP contribution in [0, 0.1) is 5.92 Å². The van der Waals surface area contributed by atoms with Gasteiger partial charge in [-0.3, -0.25) is 5.32 Å². The standard InChI is InChI=1S/C18H22N4OS/c1-13(14-4-5-14)22-17(6-9-19-22)20-18(23)21-10-7-15(8-11-21)16-3-2-12-24-16/h2-3,6-7,9,12-14H,4-5,8,10-11H2,1H3,(H,20,23)/t13-/m0/s1. The van der Waals surface area contributed by atoms with Gasteiger partial charge in [0.2, 0.25) is 0 Å². The van der Waals surface area contributed by atoms with Gasteiger partial charge in [-0.2, -0.15) is 5.10 Å². The highest BCUT2D eigenvalue weighted by Gasteiger charge is 2.31. The first-order valence-corrected chi connectivity index (χ1v) is 9.42. The summed E-state index contributed by atoms with van der Waals surface area (Å²) < 4.78 is 1.95. The van der Waals surface area contributed by atoms with Gasteiger partial charge in [0.05, 0.1) is 12.2 Å². The van der Waals surface area contributed by atoms with Crippen molar-refractivity contribution in [3.05, 3.63) is 40.7 Å². The number of nitrogens with one attached hydrogen (secondary N) is 1. The van der Waals surface area contributed by atoms with E-state index in [4.69, 9.17) is 0 Å². The number of urea groups is 1. The Morgan fingerprint density at radius 3 is 2.96 bits per heavy atom. The van der Waals surface area contributed by atoms with Gasteiger partial charge in [0.1, 0.15) is 5.82 Å². The third-order valence-electron chi connectivity index (χ3n) is 4.93. The number of carbonyl (C=O) groups excluding carboxylic acids is 1. The molecule has 0 radical (unpaired) electrons. The maximum absolute atomic E-state index is 12.6. The maximum atomic E-state index is 12.6. The topological polar surface area (TPSA) is 50.2 Å². The van der Waals surface area contributed by atoms with Gasteiger partial charge in [-0.1, -0.05) is 12.1 Å². The molecule has 0 spiro atoms. The van der Waals surface area contributed by atoms with Crippen molar-refractivity contribution in [2.75, 3.05) is 18.4 Å². The summed E-state index contributed by atoms with van der Waals surface area (Å²) in [6.45, 7) is 3.59. The van der Waals surface area contributed by atoms with Gasteiger partial charge in [0.25, 0.3) is 0 Å². The number of nitrogens with zero attached hydrogens (tertiary/aromatic N) is 3. The van der Waals surface area contributed by atoms with E-state index in [0.29, 0.717) is 18.5 Å². The molecular formula is C18H22N4OS. The molecule has 0 bridgehead atoms. The van der Waals surface area contributed by atoms with Crippen LogP contribution in [0.25, 0.3) is 5.57 Å². The fraction of sp³-hybridized carbons (Fsp3) is 0.444. The molecular weight excluding hydrogens is 320 g/mol. The third kappa shape index (κ3) is 3.11. The van der Waals surface area contributed by atoms with E-state index in [2.05, 4.69) is 40.9 Å². The predicted octanol–water partition coefficient (Wildman–Crippen LogP) is 4.24. The Hall–Kier alpha value is -2.08. The largest absolute Gasteiger partial charge is 0.323 e. The maximum Gasteiger partial charge on any atom is 0.323 e. The van der Waals surface area contributed by atoms with Gasteiger partial charge in [0, 0.05) is 24.0 Å². The zero-order chi connectivity index (χ0) is 16.5.